The summed E-state index contributed by atoms with van der Waals surface area (Å²) in [6.45, 7) is 0.403. The van der Waals surface area contributed by atoms with Crippen molar-refractivity contribution in [2.45, 2.75) is 25.4 Å². The van der Waals surface area contributed by atoms with E-state index in [1.165, 1.54) is 12.1 Å². The first-order valence-corrected chi connectivity index (χ1v) is 7.23. The molecule has 4 nitrogen and oxygen atoms in total. The highest BCUT2D eigenvalue weighted by molar-refractivity contribution is 5.92. The predicted molar refractivity (Wildman–Crippen MR) is 84.1 cm³/mol. The summed E-state index contributed by atoms with van der Waals surface area (Å²) in [6, 6.07) is 6.15. The van der Waals surface area contributed by atoms with Gasteiger partial charge in [-0.15, -0.1) is 12.4 Å². The van der Waals surface area contributed by atoms with E-state index in [2.05, 4.69) is 10.6 Å². The molecule has 0 radical (unpaired) electrons. The van der Waals surface area contributed by atoms with E-state index in [4.69, 9.17) is 4.74 Å². The van der Waals surface area contributed by atoms with Gasteiger partial charge >= 0.3 is 6.18 Å². The van der Waals surface area contributed by atoms with Crippen LogP contribution in [-0.2, 0) is 4.79 Å². The minimum Gasteiger partial charge on any atom is -0.482 e. The van der Waals surface area contributed by atoms with Crippen LogP contribution in [-0.4, -0.2) is 31.8 Å². The molecule has 0 atom stereocenters. The Morgan fingerprint density at radius 3 is 2.57 bits per heavy atom. The quantitative estimate of drug-likeness (QED) is 0.854. The molecule has 1 heterocycles. The van der Waals surface area contributed by atoms with E-state index < -0.39 is 12.8 Å². The second kappa shape index (κ2) is 8.98. The zero-order valence-electron chi connectivity index (χ0n) is 12.5. The van der Waals surface area contributed by atoms with Gasteiger partial charge in [0.1, 0.15) is 5.75 Å². The number of benzene rings is 1. The number of anilines is 1. The highest BCUT2D eigenvalue weighted by Gasteiger charge is 2.29. The van der Waals surface area contributed by atoms with Crippen molar-refractivity contribution >= 4 is 24.0 Å². The Bertz CT molecular complexity index is 506. The SMILES string of the molecule is Cl.O=C(CC1CCNCC1)Nc1ccccc1OCC(F)(F)F. The third-order valence-electron chi connectivity index (χ3n) is 3.49. The first kappa shape index (κ1) is 19.6. The summed E-state index contributed by atoms with van der Waals surface area (Å²) in [5.41, 5.74) is 0.269. The summed E-state index contributed by atoms with van der Waals surface area (Å²) in [4.78, 5) is 12.0. The Hall–Kier alpha value is -1.47. The highest BCUT2D eigenvalue weighted by Crippen LogP contribution is 2.27. The van der Waals surface area contributed by atoms with Crippen molar-refractivity contribution in [3.05, 3.63) is 24.3 Å². The number of ether oxygens (including phenoxy) is 1. The number of alkyl halides is 3. The van der Waals surface area contributed by atoms with Crippen LogP contribution in [0.15, 0.2) is 24.3 Å². The number of para-hydroxylation sites is 2. The van der Waals surface area contributed by atoms with Crippen molar-refractivity contribution in [2.75, 3.05) is 25.0 Å². The van der Waals surface area contributed by atoms with Crippen molar-refractivity contribution in [3.8, 4) is 5.75 Å². The molecule has 0 spiro atoms. The Balaban J connectivity index is 0.00000264. The van der Waals surface area contributed by atoms with E-state index in [9.17, 15) is 18.0 Å². The van der Waals surface area contributed by atoms with Gasteiger partial charge in [-0.25, -0.2) is 0 Å². The Labute approximate surface area is 139 Å². The topological polar surface area (TPSA) is 50.4 Å². The summed E-state index contributed by atoms with van der Waals surface area (Å²) in [7, 11) is 0. The van der Waals surface area contributed by atoms with Gasteiger partial charge in [-0.2, -0.15) is 13.2 Å². The molecule has 1 aliphatic heterocycles. The lowest BCUT2D eigenvalue weighted by Gasteiger charge is -2.22. The van der Waals surface area contributed by atoms with E-state index in [0.29, 0.717) is 12.3 Å². The highest BCUT2D eigenvalue weighted by atomic mass is 35.5. The van der Waals surface area contributed by atoms with Gasteiger partial charge in [0, 0.05) is 6.42 Å². The monoisotopic (exact) mass is 352 g/mol. The molecule has 2 N–H and O–H groups in total. The molecule has 0 aliphatic carbocycles. The molecule has 1 amide bonds. The van der Waals surface area contributed by atoms with E-state index in [1.807, 2.05) is 0 Å². The normalized spacial score (nSPS) is 15.6. The second-order valence-corrected chi connectivity index (χ2v) is 5.35. The Kier molecular flexibility index (Phi) is 7.64. The Morgan fingerprint density at radius 1 is 1.26 bits per heavy atom. The van der Waals surface area contributed by atoms with Gasteiger partial charge in [0.2, 0.25) is 5.91 Å². The fourth-order valence-electron chi connectivity index (χ4n) is 2.40. The van der Waals surface area contributed by atoms with Crippen LogP contribution in [0, 0.1) is 5.92 Å². The molecule has 1 fully saturated rings. The molecule has 23 heavy (non-hydrogen) atoms. The van der Waals surface area contributed by atoms with Crippen molar-refractivity contribution < 1.29 is 22.7 Å². The summed E-state index contributed by atoms with van der Waals surface area (Å²) < 4.78 is 41.4. The minimum atomic E-state index is -4.41. The van der Waals surface area contributed by atoms with Crippen LogP contribution in [0.2, 0.25) is 0 Å². The number of halogens is 4. The molecule has 2 rings (SSSR count). The number of hydrogen-bond donors (Lipinski definition) is 2. The van der Waals surface area contributed by atoms with Gasteiger partial charge in [0.05, 0.1) is 5.69 Å². The molecule has 0 aromatic heterocycles. The maximum absolute atomic E-state index is 12.2. The number of carbonyl (C=O) groups is 1. The number of carbonyl (C=O) groups excluding carboxylic acids is 1. The van der Waals surface area contributed by atoms with Gasteiger partial charge < -0.3 is 15.4 Å². The van der Waals surface area contributed by atoms with Gasteiger partial charge in [-0.3, -0.25) is 4.79 Å². The number of amides is 1. The molecule has 8 heteroatoms. The fraction of sp³-hybridized carbons (Fsp3) is 0.533. The third-order valence-corrected chi connectivity index (χ3v) is 3.49. The van der Waals surface area contributed by atoms with E-state index >= 15 is 0 Å². The van der Waals surface area contributed by atoms with Crippen LogP contribution in [0.25, 0.3) is 0 Å². The van der Waals surface area contributed by atoms with Crippen molar-refractivity contribution in [2.24, 2.45) is 5.92 Å². The number of rotatable bonds is 5. The lowest BCUT2D eigenvalue weighted by atomic mass is 9.94. The molecule has 1 aromatic carbocycles. The van der Waals surface area contributed by atoms with Crippen molar-refractivity contribution in [3.63, 3.8) is 0 Å². The average molecular weight is 353 g/mol. The second-order valence-electron chi connectivity index (χ2n) is 5.35. The molecule has 0 bridgehead atoms. The average Bonchev–Trinajstić information content (AvgIpc) is 2.46. The fourth-order valence-corrected chi connectivity index (χ4v) is 2.40. The molecular weight excluding hydrogens is 333 g/mol. The number of hydrogen-bond acceptors (Lipinski definition) is 3. The lowest BCUT2D eigenvalue weighted by Crippen LogP contribution is -2.30. The van der Waals surface area contributed by atoms with Crippen molar-refractivity contribution in [1.82, 2.24) is 5.32 Å². The molecule has 0 unspecified atom stereocenters. The maximum Gasteiger partial charge on any atom is 0.422 e. The third kappa shape index (κ3) is 7.09. The van der Waals surface area contributed by atoms with Crippen LogP contribution >= 0.6 is 12.4 Å². The largest absolute Gasteiger partial charge is 0.482 e. The van der Waals surface area contributed by atoms with Crippen molar-refractivity contribution in [1.29, 1.82) is 0 Å². The molecule has 130 valence electrons. The van der Waals surface area contributed by atoms with Gasteiger partial charge in [-0.1, -0.05) is 12.1 Å². The first-order valence-electron chi connectivity index (χ1n) is 7.23. The summed E-state index contributed by atoms with van der Waals surface area (Å²) in [5, 5.41) is 5.86. The van der Waals surface area contributed by atoms with Crippen LogP contribution in [0.1, 0.15) is 19.3 Å². The molecule has 1 aliphatic rings. The zero-order valence-corrected chi connectivity index (χ0v) is 13.3. The molecule has 0 saturated carbocycles. The van der Waals surface area contributed by atoms with Crippen LogP contribution in [0.3, 0.4) is 0 Å². The van der Waals surface area contributed by atoms with Crippen LogP contribution < -0.4 is 15.4 Å². The van der Waals surface area contributed by atoms with Crippen LogP contribution in [0.5, 0.6) is 5.75 Å². The van der Waals surface area contributed by atoms with Gasteiger partial charge in [-0.05, 0) is 44.0 Å². The van der Waals surface area contributed by atoms with Crippen LogP contribution in [0.4, 0.5) is 18.9 Å². The van der Waals surface area contributed by atoms with E-state index in [0.717, 1.165) is 25.9 Å². The predicted octanol–water partition coefficient (Wildman–Crippen LogP) is 3.38. The Morgan fingerprint density at radius 2 is 1.91 bits per heavy atom. The molecular formula is C15H20ClF3N2O2. The summed E-state index contributed by atoms with van der Waals surface area (Å²) in [5.74, 6) is 0.137. The standard InChI is InChI=1S/C15H19F3N2O2.ClH/c16-15(17,18)10-22-13-4-2-1-3-12(13)20-14(21)9-11-5-7-19-8-6-11;/h1-4,11,19H,5-10H2,(H,20,21);1H. The minimum absolute atomic E-state index is 0. The lowest BCUT2D eigenvalue weighted by molar-refractivity contribution is -0.153. The summed E-state index contributed by atoms with van der Waals surface area (Å²) in [6.07, 6.45) is -2.18. The molecule has 1 aromatic rings. The molecule has 1 saturated heterocycles. The summed E-state index contributed by atoms with van der Waals surface area (Å²) >= 11 is 0. The van der Waals surface area contributed by atoms with Gasteiger partial charge in [0.15, 0.2) is 6.61 Å². The first-order chi connectivity index (χ1) is 10.4. The number of nitrogens with one attached hydrogen (secondary N) is 2. The number of piperidine rings is 1. The zero-order chi connectivity index (χ0) is 16.0. The van der Waals surface area contributed by atoms with Gasteiger partial charge in [0.25, 0.3) is 0 Å². The van der Waals surface area contributed by atoms with E-state index in [-0.39, 0.29) is 29.8 Å². The van der Waals surface area contributed by atoms with E-state index in [1.54, 1.807) is 12.1 Å². The smallest absolute Gasteiger partial charge is 0.422 e. The maximum atomic E-state index is 12.2.